The number of methoxy groups -OCH3 is 1. The summed E-state index contributed by atoms with van der Waals surface area (Å²) in [5.41, 5.74) is 4.69. The zero-order valence-corrected chi connectivity index (χ0v) is 23.7. The molecule has 3 rings (SSSR count). The van der Waals surface area contributed by atoms with Crippen LogP contribution in [0.1, 0.15) is 43.9 Å². The monoisotopic (exact) mass is 511 g/mol. The lowest BCUT2D eigenvalue weighted by Gasteiger charge is -2.35. The van der Waals surface area contributed by atoms with Gasteiger partial charge >= 0.3 is 5.97 Å². The van der Waals surface area contributed by atoms with E-state index < -0.39 is 25.5 Å². The summed E-state index contributed by atoms with van der Waals surface area (Å²) in [6, 6.07) is 28.1. The third-order valence-corrected chi connectivity index (χ3v) is 11.9. The van der Waals surface area contributed by atoms with Crippen LogP contribution in [0.25, 0.3) is 0 Å². The van der Waals surface area contributed by atoms with E-state index in [9.17, 15) is 9.59 Å². The predicted molar refractivity (Wildman–Crippen MR) is 153 cm³/mol. The fourth-order valence-corrected chi connectivity index (χ4v) is 5.04. The summed E-state index contributed by atoms with van der Waals surface area (Å²) in [7, 11) is -0.542. The molecule has 0 unspecified atom stereocenters. The zero-order chi connectivity index (χ0) is 27.1. The van der Waals surface area contributed by atoms with Gasteiger partial charge in [-0.1, -0.05) is 125 Å². The Balaban J connectivity index is 2.12. The van der Waals surface area contributed by atoms with Crippen molar-refractivity contribution in [2.45, 2.75) is 56.8 Å². The Morgan fingerprint density at radius 3 is 1.57 bits per heavy atom. The van der Waals surface area contributed by atoms with Crippen LogP contribution in [0, 0.1) is 11.5 Å². The first-order valence-electron chi connectivity index (χ1n) is 12.6. The third-order valence-electron chi connectivity index (χ3n) is 7.33. The summed E-state index contributed by atoms with van der Waals surface area (Å²) in [5, 5.41) is 3.12. The minimum atomic E-state index is -1.88. The molecule has 1 atom stereocenters. The minimum Gasteiger partial charge on any atom is -0.467 e. The standard InChI is InChI=1S/C32H37NO3Si/c1-31(2,3)37(5,6)24-16-23-28(29(34)36-4)33-30(35)32(25-17-10-7-11-18-25,26-19-12-8-13-20-26)27-21-14-9-15-22-27/h7-15,17-22,28H,23H2,1-6H3,(H,33,35)/t28-/m0/s1. The molecule has 192 valence electrons. The van der Waals surface area contributed by atoms with E-state index >= 15 is 0 Å². The maximum Gasteiger partial charge on any atom is 0.329 e. The first-order chi connectivity index (χ1) is 17.5. The molecule has 0 saturated heterocycles. The van der Waals surface area contributed by atoms with Crippen molar-refractivity contribution in [1.82, 2.24) is 5.32 Å². The van der Waals surface area contributed by atoms with Crippen molar-refractivity contribution in [1.29, 1.82) is 0 Å². The van der Waals surface area contributed by atoms with Crippen LogP contribution in [0.2, 0.25) is 18.1 Å². The lowest BCUT2D eigenvalue weighted by atomic mass is 9.68. The normalized spacial score (nSPS) is 12.6. The smallest absolute Gasteiger partial charge is 0.329 e. The van der Waals surface area contributed by atoms with E-state index in [0.717, 1.165) is 16.7 Å². The van der Waals surface area contributed by atoms with Gasteiger partial charge in [0.05, 0.1) is 7.11 Å². The second-order valence-electron chi connectivity index (χ2n) is 10.8. The third kappa shape index (κ3) is 6.03. The van der Waals surface area contributed by atoms with Gasteiger partial charge in [-0.25, -0.2) is 4.79 Å². The molecular weight excluding hydrogens is 474 g/mol. The topological polar surface area (TPSA) is 55.4 Å². The van der Waals surface area contributed by atoms with Gasteiger partial charge in [-0.3, -0.25) is 4.79 Å². The first-order valence-corrected chi connectivity index (χ1v) is 15.6. The van der Waals surface area contributed by atoms with E-state index in [0.29, 0.717) is 0 Å². The van der Waals surface area contributed by atoms with Gasteiger partial charge in [0.2, 0.25) is 5.91 Å². The summed E-state index contributed by atoms with van der Waals surface area (Å²) < 4.78 is 5.08. The lowest BCUT2D eigenvalue weighted by molar-refractivity contribution is -0.145. The number of hydrogen-bond donors (Lipinski definition) is 1. The number of ether oxygens (including phenoxy) is 1. The number of esters is 1. The molecule has 0 bridgehead atoms. The lowest BCUT2D eigenvalue weighted by Crippen LogP contribution is -2.52. The molecule has 3 aromatic rings. The fourth-order valence-electron chi connectivity index (χ4n) is 4.12. The highest BCUT2D eigenvalue weighted by molar-refractivity contribution is 6.87. The summed E-state index contributed by atoms with van der Waals surface area (Å²) in [6.45, 7) is 11.0. The Morgan fingerprint density at radius 2 is 1.22 bits per heavy atom. The molecule has 0 radical (unpaired) electrons. The van der Waals surface area contributed by atoms with E-state index in [2.05, 4.69) is 50.6 Å². The number of rotatable bonds is 7. The summed E-state index contributed by atoms with van der Waals surface area (Å²) in [5.74, 6) is 2.40. The molecule has 0 aliphatic heterocycles. The molecule has 1 N–H and O–H groups in total. The molecule has 0 aliphatic rings. The van der Waals surface area contributed by atoms with Gasteiger partial charge < -0.3 is 10.1 Å². The molecule has 0 heterocycles. The zero-order valence-electron chi connectivity index (χ0n) is 22.7. The molecule has 37 heavy (non-hydrogen) atoms. The number of carbonyl (C=O) groups excluding carboxylic acids is 2. The first kappa shape index (κ1) is 28.0. The van der Waals surface area contributed by atoms with E-state index in [4.69, 9.17) is 4.74 Å². The largest absolute Gasteiger partial charge is 0.467 e. The Kier molecular flexibility index (Phi) is 8.78. The van der Waals surface area contributed by atoms with Crippen LogP contribution < -0.4 is 5.32 Å². The maximum absolute atomic E-state index is 14.5. The van der Waals surface area contributed by atoms with Crippen LogP contribution in [0.4, 0.5) is 0 Å². The van der Waals surface area contributed by atoms with Gasteiger partial charge in [-0.15, -0.1) is 11.5 Å². The van der Waals surface area contributed by atoms with Crippen molar-refractivity contribution in [3.8, 4) is 11.5 Å². The van der Waals surface area contributed by atoms with Crippen molar-refractivity contribution >= 4 is 20.0 Å². The van der Waals surface area contributed by atoms with Crippen LogP contribution in [-0.4, -0.2) is 33.1 Å². The van der Waals surface area contributed by atoms with E-state index in [1.807, 2.05) is 91.0 Å². The molecular formula is C32H37NO3Si. The second kappa shape index (κ2) is 11.6. The van der Waals surface area contributed by atoms with Crippen LogP contribution in [0.3, 0.4) is 0 Å². The molecule has 0 aromatic heterocycles. The highest BCUT2D eigenvalue weighted by atomic mass is 28.3. The summed E-state index contributed by atoms with van der Waals surface area (Å²) in [6.07, 6.45) is 0.180. The maximum atomic E-state index is 14.5. The van der Waals surface area contributed by atoms with Crippen molar-refractivity contribution in [2.75, 3.05) is 7.11 Å². The molecule has 0 spiro atoms. The summed E-state index contributed by atoms with van der Waals surface area (Å²) >= 11 is 0. The fraction of sp³-hybridized carbons (Fsp3) is 0.312. The van der Waals surface area contributed by atoms with Crippen LogP contribution >= 0.6 is 0 Å². The Hall–Kier alpha value is -3.62. The van der Waals surface area contributed by atoms with Crippen LogP contribution in [0.15, 0.2) is 91.0 Å². The Bertz CT molecular complexity index is 1160. The SMILES string of the molecule is COC(=O)[C@H](CC#C[Si](C)(C)C(C)(C)C)NC(=O)C(c1ccccc1)(c1ccccc1)c1ccccc1. The minimum absolute atomic E-state index is 0.0904. The molecule has 0 fully saturated rings. The quantitative estimate of drug-likeness (QED) is 0.180. The van der Waals surface area contributed by atoms with Crippen LogP contribution in [0.5, 0.6) is 0 Å². The number of carbonyl (C=O) groups is 2. The average molecular weight is 512 g/mol. The van der Waals surface area contributed by atoms with Crippen molar-refractivity contribution in [3.05, 3.63) is 108 Å². The number of hydrogen-bond acceptors (Lipinski definition) is 3. The number of benzene rings is 3. The van der Waals surface area contributed by atoms with Crippen LogP contribution in [-0.2, 0) is 19.7 Å². The van der Waals surface area contributed by atoms with E-state index in [1.54, 1.807) is 0 Å². The van der Waals surface area contributed by atoms with Crippen molar-refractivity contribution < 1.29 is 14.3 Å². The molecule has 0 aliphatic carbocycles. The Labute approximate surface area is 222 Å². The average Bonchev–Trinajstić information content (AvgIpc) is 2.89. The van der Waals surface area contributed by atoms with Gasteiger partial charge in [0, 0.05) is 6.42 Å². The highest BCUT2D eigenvalue weighted by Gasteiger charge is 2.45. The van der Waals surface area contributed by atoms with Gasteiger partial charge in [0.15, 0.2) is 0 Å². The predicted octanol–water partition coefficient (Wildman–Crippen LogP) is 6.12. The Morgan fingerprint density at radius 1 is 0.811 bits per heavy atom. The summed E-state index contributed by atoms with van der Waals surface area (Å²) in [4.78, 5) is 27.3. The molecule has 1 amide bonds. The van der Waals surface area contributed by atoms with E-state index in [1.165, 1.54) is 7.11 Å². The van der Waals surface area contributed by atoms with E-state index in [-0.39, 0.29) is 17.4 Å². The van der Waals surface area contributed by atoms with Gasteiger partial charge in [0.1, 0.15) is 19.5 Å². The molecule has 4 nitrogen and oxygen atoms in total. The van der Waals surface area contributed by atoms with Gasteiger partial charge in [-0.05, 0) is 21.7 Å². The second-order valence-corrected chi connectivity index (χ2v) is 15.8. The van der Waals surface area contributed by atoms with Gasteiger partial charge in [-0.2, -0.15) is 0 Å². The number of amides is 1. The highest BCUT2D eigenvalue weighted by Crippen LogP contribution is 2.40. The molecule has 5 heteroatoms. The van der Waals surface area contributed by atoms with Crippen molar-refractivity contribution in [3.63, 3.8) is 0 Å². The van der Waals surface area contributed by atoms with Crippen molar-refractivity contribution in [2.24, 2.45) is 0 Å². The van der Waals surface area contributed by atoms with Gasteiger partial charge in [0.25, 0.3) is 0 Å². The molecule has 0 saturated carbocycles. The molecule has 3 aromatic carbocycles. The number of nitrogens with one attached hydrogen (secondary N) is 1.